The lowest BCUT2D eigenvalue weighted by Crippen LogP contribution is -2.14. The largest absolute Gasteiger partial charge is 0.491 e. The zero-order valence-corrected chi connectivity index (χ0v) is 17.9. The molecule has 32 heavy (non-hydrogen) atoms. The predicted molar refractivity (Wildman–Crippen MR) is 121 cm³/mol. The van der Waals surface area contributed by atoms with E-state index in [-0.39, 0.29) is 5.56 Å². The molecule has 0 saturated heterocycles. The van der Waals surface area contributed by atoms with Gasteiger partial charge in [-0.05, 0) is 37.3 Å². The van der Waals surface area contributed by atoms with Crippen LogP contribution in [0.15, 0.2) is 42.9 Å². The summed E-state index contributed by atoms with van der Waals surface area (Å²) < 4.78 is 7.51. The predicted octanol–water partition coefficient (Wildman–Crippen LogP) is 3.46. The van der Waals surface area contributed by atoms with Gasteiger partial charge in [-0.2, -0.15) is 5.10 Å². The van der Waals surface area contributed by atoms with E-state index < -0.39 is 5.91 Å². The van der Waals surface area contributed by atoms with Gasteiger partial charge < -0.3 is 15.8 Å². The smallest absolute Gasteiger partial charge is 0.252 e. The third-order valence-electron chi connectivity index (χ3n) is 5.63. The molecule has 3 heterocycles. The number of anilines is 2. The van der Waals surface area contributed by atoms with Gasteiger partial charge in [-0.3, -0.25) is 14.5 Å². The minimum Gasteiger partial charge on any atom is -0.491 e. The number of carbonyl (C=O) groups is 1. The lowest BCUT2D eigenvalue weighted by molar-refractivity contribution is 0.100. The second-order valence-electron chi connectivity index (χ2n) is 7.97. The van der Waals surface area contributed by atoms with Crippen molar-refractivity contribution >= 4 is 28.3 Å². The van der Waals surface area contributed by atoms with E-state index in [0.717, 1.165) is 23.0 Å². The van der Waals surface area contributed by atoms with E-state index in [2.05, 4.69) is 33.0 Å². The van der Waals surface area contributed by atoms with Crippen LogP contribution >= 0.6 is 0 Å². The number of hydrogen-bond acceptors (Lipinski definition) is 7. The Kier molecular flexibility index (Phi) is 4.93. The van der Waals surface area contributed by atoms with Crippen LogP contribution in [-0.4, -0.2) is 37.7 Å². The highest BCUT2D eigenvalue weighted by atomic mass is 16.5. The number of nitrogens with two attached hydrogens (primary N) is 1. The van der Waals surface area contributed by atoms with Crippen molar-refractivity contribution in [3.63, 3.8) is 0 Å². The van der Waals surface area contributed by atoms with Gasteiger partial charge in [0.15, 0.2) is 17.4 Å². The number of amides is 1. The number of nitrogens with one attached hydrogen (secondary N) is 1. The Morgan fingerprint density at radius 1 is 1.28 bits per heavy atom. The summed E-state index contributed by atoms with van der Waals surface area (Å²) in [6, 6.07) is 7.81. The van der Waals surface area contributed by atoms with Gasteiger partial charge >= 0.3 is 0 Å². The average Bonchev–Trinajstić information content (AvgIpc) is 3.53. The summed E-state index contributed by atoms with van der Waals surface area (Å²) >= 11 is 0. The molecule has 162 valence electrons. The van der Waals surface area contributed by atoms with Crippen molar-refractivity contribution < 1.29 is 9.53 Å². The average molecular weight is 429 g/mol. The van der Waals surface area contributed by atoms with E-state index in [9.17, 15) is 4.79 Å². The quantitative estimate of drug-likeness (QED) is 0.461. The number of nitrogens with zero attached hydrogens (tertiary/aromatic N) is 5. The number of aromatic nitrogens is 5. The molecule has 3 N–H and O–H groups in total. The first-order chi connectivity index (χ1) is 15.5. The fourth-order valence-corrected chi connectivity index (χ4v) is 3.81. The van der Waals surface area contributed by atoms with Gasteiger partial charge in [-0.25, -0.2) is 9.97 Å². The monoisotopic (exact) mass is 429 g/mol. The van der Waals surface area contributed by atoms with Gasteiger partial charge in [0.1, 0.15) is 5.69 Å². The molecule has 9 nitrogen and oxygen atoms in total. The van der Waals surface area contributed by atoms with Crippen LogP contribution in [0, 0.1) is 12.8 Å². The summed E-state index contributed by atoms with van der Waals surface area (Å²) in [7, 11) is 1.54. The Labute approximate surface area is 184 Å². The second kappa shape index (κ2) is 7.92. The van der Waals surface area contributed by atoms with Crippen molar-refractivity contribution in [2.45, 2.75) is 26.3 Å². The molecule has 0 aliphatic heterocycles. The molecule has 1 fully saturated rings. The van der Waals surface area contributed by atoms with Crippen LogP contribution < -0.4 is 15.8 Å². The lowest BCUT2D eigenvalue weighted by Gasteiger charge is -2.12. The summed E-state index contributed by atoms with van der Waals surface area (Å²) in [5.41, 5.74) is 9.20. The number of pyridine rings is 1. The topological polar surface area (TPSA) is 121 Å². The number of primary amides is 1. The van der Waals surface area contributed by atoms with E-state index >= 15 is 0 Å². The van der Waals surface area contributed by atoms with Gasteiger partial charge in [0, 0.05) is 24.3 Å². The lowest BCUT2D eigenvalue weighted by atomic mass is 10.1. The van der Waals surface area contributed by atoms with Crippen molar-refractivity contribution in [1.29, 1.82) is 0 Å². The van der Waals surface area contributed by atoms with Crippen molar-refractivity contribution in [2.75, 3.05) is 12.4 Å². The van der Waals surface area contributed by atoms with E-state index in [1.807, 2.05) is 12.1 Å². The van der Waals surface area contributed by atoms with Gasteiger partial charge in [0.25, 0.3) is 5.91 Å². The third-order valence-corrected chi connectivity index (χ3v) is 5.63. The maximum atomic E-state index is 11.8. The first-order valence-corrected chi connectivity index (χ1v) is 10.4. The van der Waals surface area contributed by atoms with Gasteiger partial charge in [0.2, 0.25) is 0 Å². The highest BCUT2D eigenvalue weighted by molar-refractivity contribution is 5.99. The fraction of sp³-hybridized carbons (Fsp3) is 0.261. The zero-order chi connectivity index (χ0) is 22.2. The molecule has 0 spiro atoms. The standard InChI is InChI=1S/C23H23N7O2/c1-13-4-3-5-15-19(29-30(20(13)15)12-14-6-7-14)23-26-11-18(32-2)22(28-23)27-17-8-9-25-10-16(17)21(24)31/h3-5,8-11,14H,6-7,12H2,1-2H3,(H2,24,31)(H,25,26,27,28). The van der Waals surface area contributed by atoms with Gasteiger partial charge in [0.05, 0.1) is 30.1 Å². The van der Waals surface area contributed by atoms with E-state index in [0.29, 0.717) is 34.7 Å². The molecule has 0 bridgehead atoms. The molecule has 4 aromatic rings. The first kappa shape index (κ1) is 19.9. The highest BCUT2D eigenvalue weighted by Crippen LogP contribution is 2.35. The minimum atomic E-state index is -0.589. The Bertz CT molecular complexity index is 1330. The van der Waals surface area contributed by atoms with Gasteiger partial charge in [-0.15, -0.1) is 0 Å². The maximum Gasteiger partial charge on any atom is 0.252 e. The summed E-state index contributed by atoms with van der Waals surface area (Å²) in [5, 5.41) is 9.03. The molecule has 0 unspecified atom stereocenters. The molecule has 1 aliphatic carbocycles. The van der Waals surface area contributed by atoms with Crippen molar-refractivity contribution in [1.82, 2.24) is 24.7 Å². The number of ether oxygens (including phenoxy) is 1. The highest BCUT2D eigenvalue weighted by Gasteiger charge is 2.25. The van der Waals surface area contributed by atoms with Crippen LogP contribution in [0.1, 0.15) is 28.8 Å². The molecular formula is C23H23N7O2. The van der Waals surface area contributed by atoms with E-state index in [1.54, 1.807) is 18.5 Å². The molecule has 1 amide bonds. The summed E-state index contributed by atoms with van der Waals surface area (Å²) in [6.45, 7) is 2.98. The molecule has 1 aliphatic rings. The molecular weight excluding hydrogens is 406 g/mol. The Balaban J connectivity index is 1.61. The molecule has 0 atom stereocenters. The summed E-state index contributed by atoms with van der Waals surface area (Å²) in [4.78, 5) is 25.0. The minimum absolute atomic E-state index is 0.254. The second-order valence-corrected chi connectivity index (χ2v) is 7.97. The fourth-order valence-electron chi connectivity index (χ4n) is 3.81. The number of hydrogen-bond donors (Lipinski definition) is 2. The third kappa shape index (κ3) is 3.62. The van der Waals surface area contributed by atoms with E-state index in [1.165, 1.54) is 26.1 Å². The Morgan fingerprint density at radius 2 is 2.12 bits per heavy atom. The van der Waals surface area contributed by atoms with Crippen LogP contribution in [-0.2, 0) is 6.54 Å². The van der Waals surface area contributed by atoms with Crippen molar-refractivity contribution in [3.8, 4) is 17.3 Å². The molecule has 1 aromatic carbocycles. The SMILES string of the molecule is COc1cnc(-c2nn(CC3CC3)c3c(C)cccc23)nc1Nc1ccncc1C(N)=O. The van der Waals surface area contributed by atoms with Crippen LogP contribution in [0.5, 0.6) is 5.75 Å². The van der Waals surface area contributed by atoms with Crippen LogP contribution in [0.4, 0.5) is 11.5 Å². The molecule has 5 rings (SSSR count). The van der Waals surface area contributed by atoms with Crippen LogP contribution in [0.3, 0.4) is 0 Å². The number of fused-ring (bicyclic) bond motifs is 1. The number of carbonyl (C=O) groups excluding carboxylic acids is 1. The number of methoxy groups -OCH3 is 1. The van der Waals surface area contributed by atoms with Crippen LogP contribution in [0.2, 0.25) is 0 Å². The molecule has 1 saturated carbocycles. The Morgan fingerprint density at radius 3 is 2.88 bits per heavy atom. The normalized spacial score (nSPS) is 13.3. The first-order valence-electron chi connectivity index (χ1n) is 10.4. The van der Waals surface area contributed by atoms with Crippen LogP contribution in [0.25, 0.3) is 22.4 Å². The van der Waals surface area contributed by atoms with Crippen molar-refractivity contribution in [3.05, 3.63) is 54.0 Å². The number of para-hydroxylation sites is 1. The van der Waals surface area contributed by atoms with E-state index in [4.69, 9.17) is 20.6 Å². The number of benzene rings is 1. The summed E-state index contributed by atoms with van der Waals surface area (Å²) in [5.74, 6) is 1.39. The Hall–Kier alpha value is -4.01. The van der Waals surface area contributed by atoms with Gasteiger partial charge in [-0.1, -0.05) is 18.2 Å². The number of aryl methyl sites for hydroxylation is 1. The number of rotatable bonds is 7. The van der Waals surface area contributed by atoms with Crippen molar-refractivity contribution in [2.24, 2.45) is 11.7 Å². The maximum absolute atomic E-state index is 11.8. The molecule has 3 aromatic heterocycles. The zero-order valence-electron chi connectivity index (χ0n) is 17.9. The summed E-state index contributed by atoms with van der Waals surface area (Å²) in [6.07, 6.45) is 7.05. The molecule has 0 radical (unpaired) electrons. The molecule has 9 heteroatoms.